The van der Waals surface area contributed by atoms with Crippen molar-refractivity contribution in [3.05, 3.63) is 29.8 Å². The average Bonchev–Trinajstić information content (AvgIpc) is 2.44. The van der Waals surface area contributed by atoms with Crippen LogP contribution in [-0.4, -0.2) is 25.8 Å². The summed E-state index contributed by atoms with van der Waals surface area (Å²) in [6.45, 7) is 5.09. The first-order valence-corrected chi connectivity index (χ1v) is 6.53. The molecule has 1 aromatic rings. The molecule has 104 valence electrons. The molecule has 0 unspecified atom stereocenters. The van der Waals surface area contributed by atoms with Crippen molar-refractivity contribution >= 4 is 5.97 Å². The van der Waals surface area contributed by atoms with Gasteiger partial charge in [0, 0.05) is 5.92 Å². The number of benzene rings is 1. The Bertz CT molecular complexity index is 426. The first-order chi connectivity index (χ1) is 9.11. The smallest absolute Gasteiger partial charge is 0.312 e. The Kier molecular flexibility index (Phi) is 4.43. The number of methoxy groups -OCH3 is 1. The highest BCUT2D eigenvalue weighted by atomic mass is 16.6. The van der Waals surface area contributed by atoms with Gasteiger partial charge in [-0.2, -0.15) is 0 Å². The quantitative estimate of drug-likeness (QED) is 0.740. The maximum absolute atomic E-state index is 11.0. The number of ether oxygens (including phenoxy) is 3. The van der Waals surface area contributed by atoms with Crippen molar-refractivity contribution in [3.8, 4) is 5.75 Å². The Morgan fingerprint density at radius 1 is 1.32 bits per heavy atom. The molecule has 1 aliphatic rings. The van der Waals surface area contributed by atoms with Crippen molar-refractivity contribution in [2.45, 2.75) is 26.6 Å². The van der Waals surface area contributed by atoms with Crippen molar-refractivity contribution in [1.29, 1.82) is 0 Å². The number of hydrogen-bond donors (Lipinski definition) is 0. The zero-order chi connectivity index (χ0) is 13.8. The Hall–Kier alpha value is -1.55. The maximum Gasteiger partial charge on any atom is 0.312 e. The van der Waals surface area contributed by atoms with E-state index in [0.717, 1.165) is 11.3 Å². The third kappa shape index (κ3) is 3.26. The van der Waals surface area contributed by atoms with Crippen LogP contribution >= 0.6 is 0 Å². The van der Waals surface area contributed by atoms with E-state index in [1.807, 2.05) is 38.1 Å². The van der Waals surface area contributed by atoms with Crippen molar-refractivity contribution < 1.29 is 19.0 Å². The third-order valence-corrected chi connectivity index (χ3v) is 3.49. The summed E-state index contributed by atoms with van der Waals surface area (Å²) in [5, 5.41) is 0. The van der Waals surface area contributed by atoms with E-state index in [1.54, 1.807) is 7.11 Å². The molecule has 1 fully saturated rings. The first kappa shape index (κ1) is 13.9. The van der Waals surface area contributed by atoms with Gasteiger partial charge in [-0.1, -0.05) is 19.1 Å². The van der Waals surface area contributed by atoms with Crippen LogP contribution in [0.25, 0.3) is 0 Å². The van der Waals surface area contributed by atoms with Crippen LogP contribution in [0.1, 0.15) is 19.4 Å². The van der Waals surface area contributed by atoms with Gasteiger partial charge in [-0.05, 0) is 24.6 Å². The summed E-state index contributed by atoms with van der Waals surface area (Å²) in [5.41, 5.74) is 1.10. The van der Waals surface area contributed by atoms with Gasteiger partial charge >= 0.3 is 5.97 Å². The minimum atomic E-state index is -0.105. The molecule has 4 heteroatoms. The van der Waals surface area contributed by atoms with Gasteiger partial charge in [-0.25, -0.2) is 0 Å². The molecule has 0 radical (unpaired) electrons. The summed E-state index contributed by atoms with van der Waals surface area (Å²) in [6.07, 6.45) is 0.00312. The minimum absolute atomic E-state index is 0.000383. The number of hydrogen-bond acceptors (Lipinski definition) is 4. The highest BCUT2D eigenvalue weighted by Gasteiger charge is 2.41. The van der Waals surface area contributed by atoms with Crippen LogP contribution in [0.15, 0.2) is 24.3 Å². The molecule has 1 aromatic carbocycles. The lowest BCUT2D eigenvalue weighted by molar-refractivity contribution is -0.191. The molecule has 1 aliphatic heterocycles. The van der Waals surface area contributed by atoms with E-state index in [2.05, 4.69) is 0 Å². The van der Waals surface area contributed by atoms with Crippen molar-refractivity contribution in [2.75, 3.05) is 13.7 Å². The normalized spacial score (nSPS) is 23.4. The van der Waals surface area contributed by atoms with E-state index < -0.39 is 0 Å². The number of carbonyl (C=O) groups excluding carboxylic acids is 1. The monoisotopic (exact) mass is 264 g/mol. The summed E-state index contributed by atoms with van der Waals surface area (Å²) >= 11 is 0. The average molecular weight is 264 g/mol. The summed E-state index contributed by atoms with van der Waals surface area (Å²) in [4.78, 5) is 11.0. The Labute approximate surface area is 113 Å². The fraction of sp³-hybridized carbons (Fsp3) is 0.533. The molecule has 2 rings (SSSR count). The van der Waals surface area contributed by atoms with Crippen LogP contribution in [0.5, 0.6) is 5.75 Å². The second-order valence-electron chi connectivity index (χ2n) is 5.03. The lowest BCUT2D eigenvalue weighted by Crippen LogP contribution is -2.48. The Balaban J connectivity index is 1.72. The number of esters is 1. The van der Waals surface area contributed by atoms with E-state index in [9.17, 15) is 4.79 Å². The molecule has 0 N–H and O–H groups in total. The summed E-state index contributed by atoms with van der Waals surface area (Å²) < 4.78 is 15.9. The van der Waals surface area contributed by atoms with Crippen molar-refractivity contribution in [1.82, 2.24) is 0 Å². The summed E-state index contributed by atoms with van der Waals surface area (Å²) in [5.74, 6) is 0.963. The highest BCUT2D eigenvalue weighted by molar-refractivity contribution is 5.78. The van der Waals surface area contributed by atoms with E-state index in [-0.39, 0.29) is 23.9 Å². The molecule has 0 aliphatic carbocycles. The van der Waals surface area contributed by atoms with Gasteiger partial charge in [0.1, 0.15) is 11.9 Å². The van der Waals surface area contributed by atoms with Gasteiger partial charge in [0.25, 0.3) is 0 Å². The van der Waals surface area contributed by atoms with E-state index in [1.165, 1.54) is 0 Å². The first-order valence-electron chi connectivity index (χ1n) is 6.53. The van der Waals surface area contributed by atoms with Gasteiger partial charge in [0.15, 0.2) is 0 Å². The van der Waals surface area contributed by atoms with Crippen LogP contribution in [0, 0.1) is 11.8 Å². The maximum atomic E-state index is 11.0. The number of cyclic esters (lactones) is 1. The van der Waals surface area contributed by atoms with Crippen LogP contribution < -0.4 is 4.74 Å². The molecule has 0 spiro atoms. The van der Waals surface area contributed by atoms with Crippen LogP contribution in [0.2, 0.25) is 0 Å². The van der Waals surface area contributed by atoms with E-state index in [4.69, 9.17) is 14.2 Å². The predicted molar refractivity (Wildman–Crippen MR) is 70.9 cm³/mol. The Morgan fingerprint density at radius 3 is 2.53 bits per heavy atom. The fourth-order valence-corrected chi connectivity index (χ4v) is 2.19. The SMILES string of the molecule is COc1ccc(COC[C@H](C)[C@@H]2OC(=O)[C@@H]2C)cc1. The van der Waals surface area contributed by atoms with Gasteiger partial charge in [0.2, 0.25) is 0 Å². The lowest BCUT2D eigenvalue weighted by Gasteiger charge is -2.36. The molecule has 0 bridgehead atoms. The molecule has 4 nitrogen and oxygen atoms in total. The van der Waals surface area contributed by atoms with Crippen molar-refractivity contribution in [3.63, 3.8) is 0 Å². The van der Waals surface area contributed by atoms with Gasteiger partial charge in [-0.15, -0.1) is 0 Å². The molecular formula is C15H20O4. The highest BCUT2D eigenvalue weighted by Crippen LogP contribution is 2.28. The van der Waals surface area contributed by atoms with Gasteiger partial charge in [-0.3, -0.25) is 4.79 Å². The summed E-state index contributed by atoms with van der Waals surface area (Å²) in [6, 6.07) is 7.79. The molecule has 1 heterocycles. The van der Waals surface area contributed by atoms with Crippen LogP contribution in [0.4, 0.5) is 0 Å². The number of carbonyl (C=O) groups is 1. The predicted octanol–water partition coefficient (Wildman–Crippen LogP) is 2.41. The zero-order valence-electron chi connectivity index (χ0n) is 11.6. The zero-order valence-corrected chi connectivity index (χ0v) is 11.6. The van der Waals surface area contributed by atoms with Gasteiger partial charge < -0.3 is 14.2 Å². The Morgan fingerprint density at radius 2 is 2.00 bits per heavy atom. The topological polar surface area (TPSA) is 44.8 Å². The standard InChI is InChI=1S/C15H20O4/c1-10(14-11(2)15(16)19-14)8-18-9-12-4-6-13(17-3)7-5-12/h4-7,10-11,14H,8-9H2,1-3H3/t10-,11+,14-/m0/s1. The van der Waals surface area contributed by atoms with Crippen molar-refractivity contribution in [2.24, 2.45) is 11.8 Å². The van der Waals surface area contributed by atoms with Crippen LogP contribution in [-0.2, 0) is 20.9 Å². The second kappa shape index (κ2) is 6.06. The largest absolute Gasteiger partial charge is 0.497 e. The second-order valence-corrected chi connectivity index (χ2v) is 5.03. The minimum Gasteiger partial charge on any atom is -0.497 e. The van der Waals surface area contributed by atoms with Crippen LogP contribution in [0.3, 0.4) is 0 Å². The van der Waals surface area contributed by atoms with E-state index >= 15 is 0 Å². The molecule has 0 aromatic heterocycles. The molecule has 0 saturated carbocycles. The molecule has 19 heavy (non-hydrogen) atoms. The molecule has 1 saturated heterocycles. The lowest BCUT2D eigenvalue weighted by atomic mass is 9.89. The fourth-order valence-electron chi connectivity index (χ4n) is 2.19. The summed E-state index contributed by atoms with van der Waals surface area (Å²) in [7, 11) is 1.65. The van der Waals surface area contributed by atoms with E-state index in [0.29, 0.717) is 13.2 Å². The number of rotatable bonds is 6. The van der Waals surface area contributed by atoms with Gasteiger partial charge in [0.05, 0.1) is 26.2 Å². The third-order valence-electron chi connectivity index (χ3n) is 3.49. The molecule has 0 amide bonds. The molecule has 3 atom stereocenters. The molecular weight excluding hydrogens is 244 g/mol.